The summed E-state index contributed by atoms with van der Waals surface area (Å²) in [5, 5.41) is 10.7. The van der Waals surface area contributed by atoms with Gasteiger partial charge >= 0.3 is 5.69 Å². The van der Waals surface area contributed by atoms with Crippen molar-refractivity contribution in [1.29, 1.82) is 0 Å². The molecule has 0 fully saturated rings. The lowest BCUT2D eigenvalue weighted by molar-refractivity contribution is -0.385. The zero-order valence-electron chi connectivity index (χ0n) is 8.61. The number of nitrogens with zero attached hydrogens (tertiary/aromatic N) is 3. The molecule has 0 unspecified atom stereocenters. The molecule has 0 aliphatic heterocycles. The largest absolute Gasteiger partial charge is 0.432 e. The van der Waals surface area contributed by atoms with Gasteiger partial charge < -0.3 is 10.5 Å². The fourth-order valence-corrected chi connectivity index (χ4v) is 1.22. The number of ether oxygens (including phenoxy) is 1. The Bertz CT molecular complexity index is 559. The smallest absolute Gasteiger partial charge is 0.311 e. The van der Waals surface area contributed by atoms with Gasteiger partial charge in [-0.3, -0.25) is 10.1 Å². The fourth-order valence-electron chi connectivity index (χ4n) is 1.22. The summed E-state index contributed by atoms with van der Waals surface area (Å²) in [6.07, 6.45) is 1.22. The van der Waals surface area contributed by atoms with E-state index in [2.05, 4.69) is 9.97 Å². The lowest BCUT2D eigenvalue weighted by atomic mass is 10.3. The molecule has 86 valence electrons. The quantitative estimate of drug-likeness (QED) is 0.638. The number of aromatic nitrogens is 2. The van der Waals surface area contributed by atoms with Gasteiger partial charge in [0.25, 0.3) is 0 Å². The molecule has 1 aromatic carbocycles. The molecule has 2 aromatic rings. The Morgan fingerprint density at radius 3 is 2.76 bits per heavy atom. The third-order valence-corrected chi connectivity index (χ3v) is 1.94. The molecule has 2 N–H and O–H groups in total. The minimum absolute atomic E-state index is 0.107. The van der Waals surface area contributed by atoms with Gasteiger partial charge in [0, 0.05) is 12.1 Å². The van der Waals surface area contributed by atoms with Gasteiger partial charge in [-0.05, 0) is 6.07 Å². The Hall–Kier alpha value is -2.70. The van der Waals surface area contributed by atoms with Gasteiger partial charge in [0.05, 0.1) is 4.92 Å². The molecule has 7 nitrogen and oxygen atoms in total. The first kappa shape index (κ1) is 10.8. The maximum atomic E-state index is 10.7. The van der Waals surface area contributed by atoms with Crippen LogP contribution in [0.25, 0.3) is 0 Å². The van der Waals surface area contributed by atoms with Crippen molar-refractivity contribution in [2.45, 2.75) is 0 Å². The third-order valence-electron chi connectivity index (χ3n) is 1.94. The fraction of sp³-hybridized carbons (Fsp3) is 0. The van der Waals surface area contributed by atoms with E-state index in [1.807, 2.05) is 0 Å². The molecule has 1 aromatic heterocycles. The van der Waals surface area contributed by atoms with Gasteiger partial charge in [-0.1, -0.05) is 12.1 Å². The third kappa shape index (κ3) is 2.46. The zero-order chi connectivity index (χ0) is 12.3. The van der Waals surface area contributed by atoms with Crippen molar-refractivity contribution in [3.63, 3.8) is 0 Å². The van der Waals surface area contributed by atoms with Gasteiger partial charge in [-0.15, -0.1) is 0 Å². The lowest BCUT2D eigenvalue weighted by Gasteiger charge is -2.04. The predicted molar refractivity (Wildman–Crippen MR) is 59.6 cm³/mol. The van der Waals surface area contributed by atoms with Gasteiger partial charge in [0.15, 0.2) is 0 Å². The average Bonchev–Trinajstić information content (AvgIpc) is 2.29. The van der Waals surface area contributed by atoms with Crippen LogP contribution in [0.2, 0.25) is 0 Å². The maximum Gasteiger partial charge on any atom is 0.311 e. The van der Waals surface area contributed by atoms with E-state index in [4.69, 9.17) is 10.5 Å². The highest BCUT2D eigenvalue weighted by atomic mass is 16.6. The first-order valence-corrected chi connectivity index (χ1v) is 4.65. The van der Waals surface area contributed by atoms with Gasteiger partial charge in [0.2, 0.25) is 11.6 Å². The first-order chi connectivity index (χ1) is 8.16. The van der Waals surface area contributed by atoms with Crippen LogP contribution in [0.3, 0.4) is 0 Å². The van der Waals surface area contributed by atoms with Crippen LogP contribution in [0.4, 0.5) is 11.5 Å². The summed E-state index contributed by atoms with van der Waals surface area (Å²) in [5.74, 6) is 0.496. The molecule has 0 bridgehead atoms. The number of nitrogens with two attached hydrogens (primary N) is 1. The molecule has 0 radical (unpaired) electrons. The monoisotopic (exact) mass is 232 g/mol. The van der Waals surface area contributed by atoms with Crippen LogP contribution >= 0.6 is 0 Å². The number of hydrogen-bond acceptors (Lipinski definition) is 6. The second-order valence-corrected chi connectivity index (χ2v) is 3.11. The number of nitro groups is 1. The Morgan fingerprint density at radius 1 is 1.29 bits per heavy atom. The molecular formula is C10H8N4O3. The minimum Gasteiger partial charge on any atom is -0.432 e. The number of hydrogen-bond donors (Lipinski definition) is 1. The molecule has 7 heteroatoms. The van der Waals surface area contributed by atoms with Crippen LogP contribution in [0, 0.1) is 10.1 Å². The zero-order valence-corrected chi connectivity index (χ0v) is 8.61. The van der Waals surface area contributed by atoms with Crippen molar-refractivity contribution in [2.24, 2.45) is 0 Å². The number of nitrogen functional groups attached to an aromatic ring is 1. The summed E-state index contributed by atoms with van der Waals surface area (Å²) in [5.41, 5.74) is 5.31. The number of rotatable bonds is 3. The Balaban J connectivity index is 2.33. The lowest BCUT2D eigenvalue weighted by Crippen LogP contribution is -1.96. The van der Waals surface area contributed by atoms with E-state index in [1.165, 1.54) is 24.5 Å². The summed E-state index contributed by atoms with van der Waals surface area (Å²) >= 11 is 0. The first-order valence-electron chi connectivity index (χ1n) is 4.65. The molecular weight excluding hydrogens is 224 g/mol. The van der Waals surface area contributed by atoms with Crippen molar-refractivity contribution in [2.75, 3.05) is 5.73 Å². The Labute approximate surface area is 96.0 Å². The van der Waals surface area contributed by atoms with Crippen molar-refractivity contribution in [1.82, 2.24) is 9.97 Å². The van der Waals surface area contributed by atoms with E-state index in [0.29, 0.717) is 0 Å². The van der Waals surface area contributed by atoms with E-state index < -0.39 is 4.92 Å². The second-order valence-electron chi connectivity index (χ2n) is 3.11. The molecule has 1 heterocycles. The standard InChI is InChI=1S/C10H8N4O3/c11-9-5-10(13-6-12-9)17-8-4-2-1-3-7(8)14(15)16/h1-6H,(H2,11,12,13). The molecule has 0 amide bonds. The topological polar surface area (TPSA) is 104 Å². The highest BCUT2D eigenvalue weighted by Gasteiger charge is 2.14. The van der Waals surface area contributed by atoms with Gasteiger partial charge in [0.1, 0.15) is 12.1 Å². The molecule has 0 atom stereocenters. The average molecular weight is 232 g/mol. The van der Waals surface area contributed by atoms with Crippen LogP contribution in [0.5, 0.6) is 11.6 Å². The molecule has 0 saturated heterocycles. The number of anilines is 1. The van der Waals surface area contributed by atoms with Crippen molar-refractivity contribution >= 4 is 11.5 Å². The molecule has 2 rings (SSSR count). The van der Waals surface area contributed by atoms with E-state index in [-0.39, 0.29) is 23.1 Å². The SMILES string of the molecule is Nc1cc(Oc2ccccc2[N+](=O)[O-])ncn1. The Kier molecular flexibility index (Phi) is 2.82. The van der Waals surface area contributed by atoms with Crippen LogP contribution in [0.15, 0.2) is 36.7 Å². The summed E-state index contributed by atoms with van der Waals surface area (Å²) in [6, 6.07) is 7.40. The molecule has 0 aliphatic rings. The van der Waals surface area contributed by atoms with Crippen molar-refractivity contribution in [3.8, 4) is 11.6 Å². The molecule has 0 aliphatic carbocycles. The summed E-state index contributed by atoms with van der Waals surface area (Å²) < 4.78 is 5.28. The van der Waals surface area contributed by atoms with Crippen LogP contribution in [0.1, 0.15) is 0 Å². The minimum atomic E-state index is -0.528. The number of benzene rings is 1. The number of nitro benzene ring substituents is 1. The maximum absolute atomic E-state index is 10.7. The Morgan fingerprint density at radius 2 is 2.06 bits per heavy atom. The summed E-state index contributed by atoms with van der Waals surface area (Å²) in [4.78, 5) is 17.7. The van der Waals surface area contributed by atoms with Crippen LogP contribution in [-0.2, 0) is 0 Å². The van der Waals surface area contributed by atoms with Crippen LogP contribution < -0.4 is 10.5 Å². The van der Waals surface area contributed by atoms with Gasteiger partial charge in [-0.25, -0.2) is 9.97 Å². The molecule has 0 spiro atoms. The highest BCUT2D eigenvalue weighted by Crippen LogP contribution is 2.29. The normalized spacial score (nSPS) is 9.88. The molecule has 17 heavy (non-hydrogen) atoms. The molecule has 0 saturated carbocycles. The predicted octanol–water partition coefficient (Wildman–Crippen LogP) is 1.76. The summed E-state index contributed by atoms with van der Waals surface area (Å²) in [7, 11) is 0. The van der Waals surface area contributed by atoms with E-state index in [0.717, 1.165) is 0 Å². The summed E-state index contributed by atoms with van der Waals surface area (Å²) in [6.45, 7) is 0. The number of para-hydroxylation sites is 2. The second kappa shape index (κ2) is 4.44. The van der Waals surface area contributed by atoms with Crippen molar-refractivity contribution in [3.05, 3.63) is 46.8 Å². The van der Waals surface area contributed by atoms with E-state index >= 15 is 0 Å². The van der Waals surface area contributed by atoms with Crippen LogP contribution in [-0.4, -0.2) is 14.9 Å². The van der Waals surface area contributed by atoms with Gasteiger partial charge in [-0.2, -0.15) is 0 Å². The van der Waals surface area contributed by atoms with E-state index in [9.17, 15) is 10.1 Å². The van der Waals surface area contributed by atoms with Crippen molar-refractivity contribution < 1.29 is 9.66 Å². The van der Waals surface area contributed by atoms with E-state index in [1.54, 1.807) is 12.1 Å². The highest BCUT2D eigenvalue weighted by molar-refractivity contribution is 5.47.